The molecule has 1 aromatic carbocycles. The number of piperidine rings is 2. The van der Waals surface area contributed by atoms with Gasteiger partial charge in [-0.05, 0) is 69.4 Å². The third kappa shape index (κ3) is 5.71. The summed E-state index contributed by atoms with van der Waals surface area (Å²) in [5.74, 6) is 1.09. The van der Waals surface area contributed by atoms with Gasteiger partial charge in [0.15, 0.2) is 0 Å². The molecule has 2 fully saturated rings. The largest absolute Gasteiger partial charge is 0.467 e. The van der Waals surface area contributed by atoms with E-state index >= 15 is 0 Å². The maximum absolute atomic E-state index is 12.6. The van der Waals surface area contributed by atoms with Crippen LogP contribution in [0.4, 0.5) is 0 Å². The number of carbonyl (C=O) groups excluding carboxylic acids is 1. The van der Waals surface area contributed by atoms with Crippen molar-refractivity contribution in [3.8, 4) is 0 Å². The zero-order valence-corrected chi connectivity index (χ0v) is 17.3. The van der Waals surface area contributed by atoms with E-state index < -0.39 is 0 Å². The minimum Gasteiger partial charge on any atom is -0.467 e. The summed E-state index contributed by atoms with van der Waals surface area (Å²) in [7, 11) is 0. The number of furan rings is 1. The van der Waals surface area contributed by atoms with Crippen LogP contribution in [0.2, 0.25) is 0 Å². The number of nitrogens with zero attached hydrogens (tertiary/aromatic N) is 2. The van der Waals surface area contributed by atoms with Gasteiger partial charge in [-0.15, -0.1) is 0 Å². The van der Waals surface area contributed by atoms with Crippen LogP contribution in [-0.2, 0) is 17.8 Å². The molecule has 1 atom stereocenters. The predicted molar refractivity (Wildman–Crippen MR) is 114 cm³/mol. The SMILES string of the molecule is O=C(NCc1ccco1)C1CCCN(C2CCN(CCc3ccccc3)CC2)C1. The summed E-state index contributed by atoms with van der Waals surface area (Å²) < 4.78 is 5.32. The molecule has 0 radical (unpaired) electrons. The van der Waals surface area contributed by atoms with Crippen LogP contribution in [0.25, 0.3) is 0 Å². The molecule has 1 aromatic heterocycles. The van der Waals surface area contributed by atoms with Crippen molar-refractivity contribution in [1.29, 1.82) is 0 Å². The summed E-state index contributed by atoms with van der Waals surface area (Å²) in [6, 6.07) is 15.2. The van der Waals surface area contributed by atoms with Crippen LogP contribution >= 0.6 is 0 Å². The molecule has 5 heteroatoms. The van der Waals surface area contributed by atoms with Crippen molar-refractivity contribution in [1.82, 2.24) is 15.1 Å². The lowest BCUT2D eigenvalue weighted by Crippen LogP contribution is -2.50. The first-order chi connectivity index (χ1) is 14.3. The fourth-order valence-corrected chi connectivity index (χ4v) is 4.72. The zero-order chi connectivity index (χ0) is 19.9. The molecule has 0 saturated carbocycles. The first kappa shape index (κ1) is 20.2. The molecule has 3 heterocycles. The Hall–Kier alpha value is -2.11. The minimum atomic E-state index is 0.106. The fraction of sp³-hybridized carbons (Fsp3) is 0.542. The molecule has 1 amide bonds. The van der Waals surface area contributed by atoms with E-state index in [4.69, 9.17) is 4.42 Å². The van der Waals surface area contributed by atoms with Gasteiger partial charge in [0.05, 0.1) is 18.7 Å². The van der Waals surface area contributed by atoms with E-state index in [1.54, 1.807) is 6.26 Å². The summed E-state index contributed by atoms with van der Waals surface area (Å²) in [5, 5.41) is 3.05. The normalized spacial score (nSPS) is 21.9. The van der Waals surface area contributed by atoms with Gasteiger partial charge in [0, 0.05) is 19.1 Å². The monoisotopic (exact) mass is 395 g/mol. The summed E-state index contributed by atoms with van der Waals surface area (Å²) in [5.41, 5.74) is 1.43. The van der Waals surface area contributed by atoms with Crippen molar-refractivity contribution in [3.05, 3.63) is 60.1 Å². The number of benzene rings is 1. The molecule has 2 aliphatic heterocycles. The number of amides is 1. The molecule has 2 saturated heterocycles. The number of nitrogens with one attached hydrogen (secondary N) is 1. The van der Waals surface area contributed by atoms with E-state index in [1.807, 2.05) is 12.1 Å². The van der Waals surface area contributed by atoms with E-state index in [2.05, 4.69) is 45.4 Å². The molecular weight excluding hydrogens is 362 g/mol. The molecule has 156 valence electrons. The second-order valence-corrected chi connectivity index (χ2v) is 8.44. The minimum absolute atomic E-state index is 0.106. The maximum atomic E-state index is 12.6. The van der Waals surface area contributed by atoms with Crippen molar-refractivity contribution in [3.63, 3.8) is 0 Å². The van der Waals surface area contributed by atoms with Crippen LogP contribution in [0.1, 0.15) is 37.0 Å². The van der Waals surface area contributed by atoms with Gasteiger partial charge in [-0.25, -0.2) is 0 Å². The van der Waals surface area contributed by atoms with E-state index in [0.717, 1.165) is 44.7 Å². The van der Waals surface area contributed by atoms with Gasteiger partial charge < -0.3 is 14.6 Å². The van der Waals surface area contributed by atoms with Crippen LogP contribution in [0.5, 0.6) is 0 Å². The third-order valence-electron chi connectivity index (χ3n) is 6.47. The number of hydrogen-bond acceptors (Lipinski definition) is 4. The second kappa shape index (κ2) is 10.1. The predicted octanol–water partition coefficient (Wildman–Crippen LogP) is 3.31. The first-order valence-electron chi connectivity index (χ1n) is 11.1. The Morgan fingerprint density at radius 3 is 2.62 bits per heavy atom. The number of likely N-dealkylation sites (tertiary alicyclic amines) is 2. The van der Waals surface area contributed by atoms with Gasteiger partial charge in [0.25, 0.3) is 0 Å². The van der Waals surface area contributed by atoms with Crippen LogP contribution in [0, 0.1) is 5.92 Å². The van der Waals surface area contributed by atoms with Crippen molar-refractivity contribution in [2.45, 2.75) is 44.7 Å². The summed E-state index contributed by atoms with van der Waals surface area (Å²) >= 11 is 0. The average Bonchev–Trinajstić information content (AvgIpc) is 3.31. The van der Waals surface area contributed by atoms with Crippen molar-refractivity contribution < 1.29 is 9.21 Å². The van der Waals surface area contributed by atoms with Gasteiger partial charge in [0.2, 0.25) is 5.91 Å². The summed E-state index contributed by atoms with van der Waals surface area (Å²) in [6.07, 6.45) is 7.33. The molecule has 0 aliphatic carbocycles. The Balaban J connectivity index is 1.19. The molecular formula is C24H33N3O2. The average molecular weight is 396 g/mol. The lowest BCUT2D eigenvalue weighted by atomic mass is 9.93. The van der Waals surface area contributed by atoms with Crippen LogP contribution < -0.4 is 5.32 Å². The van der Waals surface area contributed by atoms with Gasteiger partial charge >= 0.3 is 0 Å². The third-order valence-corrected chi connectivity index (χ3v) is 6.47. The quantitative estimate of drug-likeness (QED) is 0.781. The lowest BCUT2D eigenvalue weighted by Gasteiger charge is -2.42. The number of rotatable bonds is 7. The van der Waals surface area contributed by atoms with Crippen LogP contribution in [0.15, 0.2) is 53.1 Å². The van der Waals surface area contributed by atoms with E-state index in [1.165, 1.54) is 31.5 Å². The van der Waals surface area contributed by atoms with Crippen molar-refractivity contribution >= 4 is 5.91 Å². The first-order valence-corrected chi connectivity index (χ1v) is 11.1. The van der Waals surface area contributed by atoms with Gasteiger partial charge in [-0.2, -0.15) is 0 Å². The highest BCUT2D eigenvalue weighted by molar-refractivity contribution is 5.78. The highest BCUT2D eigenvalue weighted by Crippen LogP contribution is 2.24. The highest BCUT2D eigenvalue weighted by Gasteiger charge is 2.31. The van der Waals surface area contributed by atoms with Crippen LogP contribution in [-0.4, -0.2) is 54.5 Å². The van der Waals surface area contributed by atoms with E-state index in [-0.39, 0.29) is 11.8 Å². The molecule has 29 heavy (non-hydrogen) atoms. The number of carbonyl (C=O) groups is 1. The highest BCUT2D eigenvalue weighted by atomic mass is 16.3. The molecule has 1 N–H and O–H groups in total. The summed E-state index contributed by atoms with van der Waals surface area (Å²) in [6.45, 7) is 6.01. The van der Waals surface area contributed by atoms with E-state index in [0.29, 0.717) is 12.6 Å². The fourth-order valence-electron chi connectivity index (χ4n) is 4.72. The Morgan fingerprint density at radius 1 is 1.03 bits per heavy atom. The molecule has 0 spiro atoms. The molecule has 2 aromatic rings. The lowest BCUT2D eigenvalue weighted by molar-refractivity contribution is -0.127. The summed E-state index contributed by atoms with van der Waals surface area (Å²) in [4.78, 5) is 17.8. The van der Waals surface area contributed by atoms with Gasteiger partial charge in [-0.1, -0.05) is 30.3 Å². The standard InChI is InChI=1S/C24H33N3O2/c28-24(25-18-23-9-5-17-29-23)21-8-4-13-27(19-21)22-11-15-26(16-12-22)14-10-20-6-2-1-3-7-20/h1-3,5-7,9,17,21-22H,4,8,10-16,18-19H2,(H,25,28). The second-order valence-electron chi connectivity index (χ2n) is 8.44. The Labute approximate surface area is 174 Å². The molecule has 2 aliphatic rings. The Bertz CT molecular complexity index is 739. The van der Waals surface area contributed by atoms with Gasteiger partial charge in [-0.3, -0.25) is 9.69 Å². The molecule has 4 rings (SSSR count). The Morgan fingerprint density at radius 2 is 1.86 bits per heavy atom. The molecule has 0 bridgehead atoms. The van der Waals surface area contributed by atoms with E-state index in [9.17, 15) is 4.79 Å². The van der Waals surface area contributed by atoms with Crippen molar-refractivity contribution in [2.75, 3.05) is 32.7 Å². The zero-order valence-electron chi connectivity index (χ0n) is 17.3. The van der Waals surface area contributed by atoms with Crippen molar-refractivity contribution in [2.24, 2.45) is 5.92 Å². The smallest absolute Gasteiger partial charge is 0.224 e. The van der Waals surface area contributed by atoms with Gasteiger partial charge in [0.1, 0.15) is 5.76 Å². The maximum Gasteiger partial charge on any atom is 0.224 e. The molecule has 5 nitrogen and oxygen atoms in total. The van der Waals surface area contributed by atoms with Crippen LogP contribution in [0.3, 0.4) is 0 Å². The molecule has 1 unspecified atom stereocenters. The topological polar surface area (TPSA) is 48.7 Å². The Kier molecular flexibility index (Phi) is 7.01. The number of hydrogen-bond donors (Lipinski definition) is 1.